The van der Waals surface area contributed by atoms with Crippen molar-refractivity contribution in [3.63, 3.8) is 0 Å². The summed E-state index contributed by atoms with van der Waals surface area (Å²) in [6.07, 6.45) is 8.96. The van der Waals surface area contributed by atoms with Crippen molar-refractivity contribution in [2.24, 2.45) is 0 Å². The van der Waals surface area contributed by atoms with Crippen LogP contribution < -0.4 is 14.9 Å². The number of sulfonamides is 1. The molecule has 3 aromatic rings. The van der Waals surface area contributed by atoms with Gasteiger partial charge in [0.2, 0.25) is 0 Å². The van der Waals surface area contributed by atoms with Gasteiger partial charge in [0.05, 0.1) is 16.3 Å². The summed E-state index contributed by atoms with van der Waals surface area (Å²) in [6.45, 7) is 0.942. The van der Waals surface area contributed by atoms with E-state index in [4.69, 9.17) is 9.97 Å². The molecule has 0 radical (unpaired) electrons. The van der Waals surface area contributed by atoms with E-state index in [1.54, 1.807) is 23.5 Å². The van der Waals surface area contributed by atoms with Crippen LogP contribution in [0, 0.1) is 0 Å². The highest BCUT2D eigenvalue weighted by Crippen LogP contribution is 2.33. The van der Waals surface area contributed by atoms with E-state index in [1.807, 2.05) is 49.3 Å². The SMILES string of the molecule is CN(C)CCN(c1ccccc1)S(=O)(=O)c1cc(Nc2nc3c(s2)CCC3)nc(NC2CCCCC2)c1. The van der Waals surface area contributed by atoms with Crippen molar-refractivity contribution in [2.45, 2.75) is 62.3 Å². The Morgan fingerprint density at radius 1 is 0.946 bits per heavy atom. The molecule has 2 heterocycles. The van der Waals surface area contributed by atoms with E-state index in [2.05, 4.69) is 10.6 Å². The van der Waals surface area contributed by atoms with E-state index in [1.165, 1.54) is 28.4 Å². The molecule has 0 atom stereocenters. The summed E-state index contributed by atoms with van der Waals surface area (Å²) in [5, 5.41) is 7.61. The number of nitrogens with one attached hydrogen (secondary N) is 2. The largest absolute Gasteiger partial charge is 0.367 e. The molecule has 0 amide bonds. The highest BCUT2D eigenvalue weighted by Gasteiger charge is 2.27. The van der Waals surface area contributed by atoms with Crippen LogP contribution in [-0.4, -0.2) is 56.5 Å². The lowest BCUT2D eigenvalue weighted by atomic mass is 9.95. The fraction of sp³-hybridized carbons (Fsp3) is 0.481. The van der Waals surface area contributed by atoms with Crippen LogP contribution in [0.15, 0.2) is 47.4 Å². The van der Waals surface area contributed by atoms with Crippen LogP contribution in [0.3, 0.4) is 0 Å². The van der Waals surface area contributed by atoms with Crippen LogP contribution in [0.1, 0.15) is 49.1 Å². The second-order valence-corrected chi connectivity index (χ2v) is 13.1. The normalized spacial score (nSPS) is 16.1. The number of aryl methyl sites for hydroxylation is 2. The third kappa shape index (κ3) is 6.25. The van der Waals surface area contributed by atoms with Crippen molar-refractivity contribution in [3.05, 3.63) is 53.0 Å². The van der Waals surface area contributed by atoms with Crippen LogP contribution in [0.25, 0.3) is 0 Å². The molecule has 0 bridgehead atoms. The highest BCUT2D eigenvalue weighted by atomic mass is 32.2. The summed E-state index contributed by atoms with van der Waals surface area (Å²) in [6, 6.07) is 12.9. The summed E-state index contributed by atoms with van der Waals surface area (Å²) >= 11 is 1.64. The Morgan fingerprint density at radius 3 is 2.43 bits per heavy atom. The van der Waals surface area contributed by atoms with Gasteiger partial charge in [0.15, 0.2) is 5.13 Å². The molecule has 2 aromatic heterocycles. The van der Waals surface area contributed by atoms with E-state index in [-0.39, 0.29) is 4.90 Å². The third-order valence-electron chi connectivity index (χ3n) is 6.97. The van der Waals surface area contributed by atoms with Crippen LogP contribution in [0.5, 0.6) is 0 Å². The average Bonchev–Trinajstić information content (AvgIpc) is 3.47. The van der Waals surface area contributed by atoms with Gasteiger partial charge in [0, 0.05) is 36.1 Å². The fourth-order valence-corrected chi connectivity index (χ4v) is 7.56. The minimum atomic E-state index is -3.85. The number of fused-ring (bicyclic) bond motifs is 1. The van der Waals surface area contributed by atoms with E-state index in [9.17, 15) is 8.42 Å². The topological polar surface area (TPSA) is 90.5 Å². The molecule has 37 heavy (non-hydrogen) atoms. The molecule has 0 spiro atoms. The van der Waals surface area contributed by atoms with Crippen molar-refractivity contribution in [1.82, 2.24) is 14.9 Å². The lowest BCUT2D eigenvalue weighted by Gasteiger charge is -2.27. The number of aromatic nitrogens is 2. The maximum atomic E-state index is 14.1. The minimum absolute atomic E-state index is 0.218. The van der Waals surface area contributed by atoms with Gasteiger partial charge in [-0.1, -0.05) is 37.5 Å². The lowest BCUT2D eigenvalue weighted by Crippen LogP contribution is -2.37. The summed E-state index contributed by atoms with van der Waals surface area (Å²) in [4.78, 5) is 13.0. The zero-order chi connectivity index (χ0) is 25.8. The zero-order valence-corrected chi connectivity index (χ0v) is 23.2. The minimum Gasteiger partial charge on any atom is -0.367 e. The van der Waals surface area contributed by atoms with Crippen molar-refractivity contribution in [1.29, 1.82) is 0 Å². The molecule has 1 aromatic carbocycles. The smallest absolute Gasteiger partial charge is 0.264 e. The second-order valence-electron chi connectivity index (χ2n) is 10.1. The van der Waals surface area contributed by atoms with Gasteiger partial charge in [-0.15, -0.1) is 11.3 Å². The number of hydrogen-bond acceptors (Lipinski definition) is 8. The zero-order valence-electron chi connectivity index (χ0n) is 21.6. The number of nitrogens with zero attached hydrogens (tertiary/aromatic N) is 4. The standard InChI is InChI=1S/C27H36N6O2S2/c1-32(2)16-17-33(21-12-7-4-8-13-21)37(34,35)22-18-25(28-20-10-5-3-6-11-20)30-26(19-22)31-27-29-23-14-9-15-24(23)36-27/h4,7-8,12-13,18-20H,3,5-6,9-11,14-17H2,1-2H3,(H2,28,29,30,31). The highest BCUT2D eigenvalue weighted by molar-refractivity contribution is 7.92. The molecule has 10 heteroatoms. The average molecular weight is 541 g/mol. The molecule has 5 rings (SSSR count). The first-order chi connectivity index (χ1) is 17.9. The monoisotopic (exact) mass is 540 g/mol. The first-order valence-corrected chi connectivity index (χ1v) is 15.4. The Bertz CT molecular complexity index is 1280. The fourth-order valence-electron chi connectivity index (χ4n) is 5.00. The first kappa shape index (κ1) is 25.9. The predicted molar refractivity (Wildman–Crippen MR) is 152 cm³/mol. The Labute approximate surface area is 224 Å². The molecule has 2 aliphatic carbocycles. The molecule has 8 nitrogen and oxygen atoms in total. The van der Waals surface area contributed by atoms with Crippen molar-refractivity contribution >= 4 is 43.8 Å². The predicted octanol–water partition coefficient (Wildman–Crippen LogP) is 5.27. The molecule has 0 saturated heterocycles. The summed E-state index contributed by atoms with van der Waals surface area (Å²) < 4.78 is 29.7. The second kappa shape index (κ2) is 11.4. The van der Waals surface area contributed by atoms with E-state index in [0.717, 1.165) is 42.9 Å². The van der Waals surface area contributed by atoms with E-state index >= 15 is 0 Å². The number of anilines is 4. The van der Waals surface area contributed by atoms with Crippen molar-refractivity contribution in [2.75, 3.05) is 42.1 Å². The maximum absolute atomic E-state index is 14.1. The Balaban J connectivity index is 1.50. The number of para-hydroxylation sites is 1. The summed E-state index contributed by atoms with van der Waals surface area (Å²) in [5.74, 6) is 1.08. The van der Waals surface area contributed by atoms with Crippen LogP contribution in [0.4, 0.5) is 22.5 Å². The summed E-state index contributed by atoms with van der Waals surface area (Å²) in [5.41, 5.74) is 1.80. The van der Waals surface area contributed by atoms with Crippen LogP contribution in [0.2, 0.25) is 0 Å². The van der Waals surface area contributed by atoms with Gasteiger partial charge >= 0.3 is 0 Å². The van der Waals surface area contributed by atoms with Crippen LogP contribution in [-0.2, 0) is 22.9 Å². The van der Waals surface area contributed by atoms with Gasteiger partial charge in [-0.25, -0.2) is 18.4 Å². The molecule has 2 N–H and O–H groups in total. The Morgan fingerprint density at radius 2 is 1.70 bits per heavy atom. The number of benzene rings is 1. The Hall–Kier alpha value is -2.69. The van der Waals surface area contributed by atoms with E-state index in [0.29, 0.717) is 36.5 Å². The molecule has 0 aliphatic heterocycles. The number of rotatable bonds is 10. The molecular weight excluding hydrogens is 504 g/mol. The molecule has 0 unspecified atom stereocenters. The van der Waals surface area contributed by atoms with Gasteiger partial charge in [0.25, 0.3) is 10.0 Å². The Kier molecular flexibility index (Phi) is 7.97. The quantitative estimate of drug-likeness (QED) is 0.362. The van der Waals surface area contributed by atoms with E-state index < -0.39 is 10.0 Å². The number of pyridine rings is 1. The first-order valence-electron chi connectivity index (χ1n) is 13.2. The number of likely N-dealkylation sites (N-methyl/N-ethyl adjacent to an activating group) is 1. The molecular formula is C27H36N6O2S2. The lowest BCUT2D eigenvalue weighted by molar-refractivity contribution is 0.419. The van der Waals surface area contributed by atoms with Crippen molar-refractivity contribution < 1.29 is 8.42 Å². The maximum Gasteiger partial charge on any atom is 0.264 e. The van der Waals surface area contributed by atoms with Gasteiger partial charge in [-0.3, -0.25) is 4.31 Å². The van der Waals surface area contributed by atoms with Crippen LogP contribution >= 0.6 is 11.3 Å². The van der Waals surface area contributed by atoms with Gasteiger partial charge in [-0.05, 0) is 58.3 Å². The molecule has 1 fully saturated rings. The van der Waals surface area contributed by atoms with Gasteiger partial charge in [0.1, 0.15) is 11.6 Å². The summed E-state index contributed by atoms with van der Waals surface area (Å²) in [7, 11) is 0.0379. The molecule has 1 saturated carbocycles. The molecule has 198 valence electrons. The van der Waals surface area contributed by atoms with Gasteiger partial charge in [-0.2, -0.15) is 0 Å². The molecule has 2 aliphatic rings. The van der Waals surface area contributed by atoms with Gasteiger partial charge < -0.3 is 15.5 Å². The number of thiazole rings is 1. The number of hydrogen-bond donors (Lipinski definition) is 2. The third-order valence-corrected chi connectivity index (χ3v) is 9.85. The van der Waals surface area contributed by atoms with Crippen molar-refractivity contribution in [3.8, 4) is 0 Å².